The molecular weight excluding hydrogens is 359 g/mol. The van der Waals surface area contributed by atoms with Crippen molar-refractivity contribution in [3.63, 3.8) is 0 Å². The van der Waals surface area contributed by atoms with Crippen molar-refractivity contribution in [3.05, 3.63) is 29.8 Å². The molecule has 0 saturated carbocycles. The Balaban J connectivity index is 0.00000220. The van der Waals surface area contributed by atoms with E-state index < -0.39 is 21.7 Å². The van der Waals surface area contributed by atoms with Crippen molar-refractivity contribution in [2.75, 3.05) is 39.3 Å². The zero-order valence-corrected chi connectivity index (χ0v) is 14.2. The minimum absolute atomic E-state index is 0. The van der Waals surface area contributed by atoms with Crippen LogP contribution in [0.25, 0.3) is 0 Å². The number of sulfonamides is 1. The number of benzene rings is 1. The van der Waals surface area contributed by atoms with E-state index in [4.69, 9.17) is 0 Å². The fraction of sp³-hybridized carbons (Fsp3) is 0.500. The van der Waals surface area contributed by atoms with Crippen LogP contribution in [0.3, 0.4) is 0 Å². The highest BCUT2D eigenvalue weighted by Gasteiger charge is 2.17. The molecule has 1 aliphatic rings. The molecule has 10 heteroatoms. The molecule has 22 heavy (non-hydrogen) atoms. The summed E-state index contributed by atoms with van der Waals surface area (Å²) in [5.74, 6) is -2.24. The number of nitrogens with zero attached hydrogens (tertiary/aromatic N) is 1. The maximum atomic E-state index is 13.0. The Morgan fingerprint density at radius 3 is 2.36 bits per heavy atom. The van der Waals surface area contributed by atoms with Crippen molar-refractivity contribution in [2.45, 2.75) is 4.90 Å². The smallest absolute Gasteiger partial charge is 0.240 e. The molecule has 0 atom stereocenters. The highest BCUT2D eigenvalue weighted by molar-refractivity contribution is 7.89. The second-order valence-corrected chi connectivity index (χ2v) is 6.33. The van der Waals surface area contributed by atoms with Gasteiger partial charge in [0.05, 0.1) is 4.90 Å². The van der Waals surface area contributed by atoms with Crippen LogP contribution in [0.2, 0.25) is 0 Å². The van der Waals surface area contributed by atoms with Gasteiger partial charge < -0.3 is 5.32 Å². The van der Waals surface area contributed by atoms with E-state index >= 15 is 0 Å². The third kappa shape index (κ3) is 5.94. The van der Waals surface area contributed by atoms with Crippen molar-refractivity contribution in [1.29, 1.82) is 0 Å². The molecule has 128 valence electrons. The molecule has 1 saturated heterocycles. The molecule has 1 aliphatic heterocycles. The lowest BCUT2D eigenvalue weighted by Crippen LogP contribution is -2.46. The largest absolute Gasteiger partial charge is 0.314 e. The lowest BCUT2D eigenvalue weighted by Gasteiger charge is -2.27. The molecule has 0 aromatic heterocycles. The average molecular weight is 378 g/mol. The molecule has 2 N–H and O–H groups in total. The van der Waals surface area contributed by atoms with Gasteiger partial charge in [0.1, 0.15) is 0 Å². The SMILES string of the molecule is Cl.Cl.O=S(=O)(NCCN1CCNCC1)c1ccc(F)c(F)c1. The normalized spacial score (nSPS) is 15.7. The zero-order valence-electron chi connectivity index (χ0n) is 11.7. The summed E-state index contributed by atoms with van der Waals surface area (Å²) >= 11 is 0. The van der Waals surface area contributed by atoms with Crippen LogP contribution in [0.5, 0.6) is 0 Å². The second-order valence-electron chi connectivity index (χ2n) is 4.57. The van der Waals surface area contributed by atoms with E-state index in [0.717, 1.165) is 38.3 Å². The first-order valence-electron chi connectivity index (χ1n) is 6.37. The minimum Gasteiger partial charge on any atom is -0.314 e. The number of piperazine rings is 1. The van der Waals surface area contributed by atoms with Crippen molar-refractivity contribution in [2.24, 2.45) is 0 Å². The number of hydrogen-bond acceptors (Lipinski definition) is 4. The molecule has 0 bridgehead atoms. The van der Waals surface area contributed by atoms with E-state index in [1.165, 1.54) is 0 Å². The number of hydrogen-bond donors (Lipinski definition) is 2. The van der Waals surface area contributed by atoms with Gasteiger partial charge in [0, 0.05) is 39.3 Å². The summed E-state index contributed by atoms with van der Waals surface area (Å²) in [5.41, 5.74) is 0. The first-order valence-corrected chi connectivity index (χ1v) is 7.85. The van der Waals surface area contributed by atoms with Crippen LogP contribution < -0.4 is 10.0 Å². The molecule has 1 fully saturated rings. The van der Waals surface area contributed by atoms with Crippen LogP contribution in [-0.4, -0.2) is 52.6 Å². The summed E-state index contributed by atoms with van der Waals surface area (Å²) < 4.78 is 52.0. The monoisotopic (exact) mass is 377 g/mol. The van der Waals surface area contributed by atoms with Gasteiger partial charge >= 0.3 is 0 Å². The molecule has 0 amide bonds. The Kier molecular flexibility index (Phi) is 9.37. The Morgan fingerprint density at radius 1 is 1.14 bits per heavy atom. The maximum absolute atomic E-state index is 13.0. The predicted octanol–water partition coefficient (Wildman–Crippen LogP) is 0.992. The van der Waals surface area contributed by atoms with Gasteiger partial charge in [0.15, 0.2) is 11.6 Å². The molecule has 0 radical (unpaired) electrons. The van der Waals surface area contributed by atoms with Crippen LogP contribution >= 0.6 is 24.8 Å². The Hall–Kier alpha value is -0.510. The lowest BCUT2D eigenvalue weighted by atomic mass is 10.3. The van der Waals surface area contributed by atoms with E-state index in [0.29, 0.717) is 12.6 Å². The van der Waals surface area contributed by atoms with Crippen LogP contribution in [0.1, 0.15) is 0 Å². The number of rotatable bonds is 5. The molecule has 0 spiro atoms. The molecule has 5 nitrogen and oxygen atoms in total. The standard InChI is InChI=1S/C12H17F2N3O2S.2ClH/c13-11-2-1-10(9-12(11)14)20(18,19)16-5-8-17-6-3-15-4-7-17;;/h1-2,9,15-16H,3-8H2;2*1H. The van der Waals surface area contributed by atoms with Gasteiger partial charge in [-0.15, -0.1) is 24.8 Å². The third-order valence-electron chi connectivity index (χ3n) is 3.13. The Bertz CT molecular complexity index is 569. The third-order valence-corrected chi connectivity index (χ3v) is 4.59. The second kappa shape index (κ2) is 9.59. The van der Waals surface area contributed by atoms with Crippen molar-refractivity contribution < 1.29 is 17.2 Å². The molecule has 0 unspecified atom stereocenters. The van der Waals surface area contributed by atoms with Gasteiger partial charge in [0.25, 0.3) is 0 Å². The molecule has 0 aliphatic carbocycles. The maximum Gasteiger partial charge on any atom is 0.240 e. The van der Waals surface area contributed by atoms with E-state index in [9.17, 15) is 17.2 Å². The summed E-state index contributed by atoms with van der Waals surface area (Å²) in [6, 6.07) is 2.54. The van der Waals surface area contributed by atoms with Gasteiger partial charge in [-0.3, -0.25) is 4.90 Å². The zero-order chi connectivity index (χ0) is 14.6. The van der Waals surface area contributed by atoms with E-state index in [1.807, 2.05) is 0 Å². The Labute approximate surface area is 141 Å². The van der Waals surface area contributed by atoms with Gasteiger partial charge in [0.2, 0.25) is 10.0 Å². The summed E-state index contributed by atoms with van der Waals surface area (Å²) in [6.45, 7) is 4.33. The van der Waals surface area contributed by atoms with Gasteiger partial charge in [-0.1, -0.05) is 0 Å². The highest BCUT2D eigenvalue weighted by atomic mass is 35.5. The van der Waals surface area contributed by atoms with E-state index in [-0.39, 0.29) is 36.3 Å². The summed E-state index contributed by atoms with van der Waals surface area (Å²) in [7, 11) is -3.80. The van der Waals surface area contributed by atoms with Crippen LogP contribution in [0, 0.1) is 11.6 Å². The van der Waals surface area contributed by atoms with Gasteiger partial charge in [-0.25, -0.2) is 21.9 Å². The van der Waals surface area contributed by atoms with E-state index in [2.05, 4.69) is 14.9 Å². The summed E-state index contributed by atoms with van der Waals surface area (Å²) in [5, 5.41) is 3.20. The minimum atomic E-state index is -3.80. The number of halogens is 4. The molecule has 1 heterocycles. The predicted molar refractivity (Wildman–Crippen MR) is 85.4 cm³/mol. The summed E-state index contributed by atoms with van der Waals surface area (Å²) in [4.78, 5) is 1.86. The van der Waals surface area contributed by atoms with Crippen LogP contribution in [0.15, 0.2) is 23.1 Å². The number of nitrogens with one attached hydrogen (secondary N) is 2. The van der Waals surface area contributed by atoms with Crippen molar-refractivity contribution in [1.82, 2.24) is 14.9 Å². The Morgan fingerprint density at radius 2 is 1.77 bits per heavy atom. The molecule has 1 aromatic carbocycles. The first-order chi connectivity index (χ1) is 9.49. The lowest BCUT2D eigenvalue weighted by molar-refractivity contribution is 0.245. The summed E-state index contributed by atoms with van der Waals surface area (Å²) in [6.07, 6.45) is 0. The van der Waals surface area contributed by atoms with Crippen LogP contribution in [0.4, 0.5) is 8.78 Å². The first kappa shape index (κ1) is 21.5. The molecule has 2 rings (SSSR count). The fourth-order valence-corrected chi connectivity index (χ4v) is 3.03. The fourth-order valence-electron chi connectivity index (χ4n) is 2.00. The van der Waals surface area contributed by atoms with Gasteiger partial charge in [-0.05, 0) is 18.2 Å². The van der Waals surface area contributed by atoms with E-state index in [1.54, 1.807) is 0 Å². The van der Waals surface area contributed by atoms with Crippen molar-refractivity contribution in [3.8, 4) is 0 Å². The topological polar surface area (TPSA) is 61.4 Å². The molecule has 1 aromatic rings. The van der Waals surface area contributed by atoms with Crippen molar-refractivity contribution >= 4 is 34.8 Å². The van der Waals surface area contributed by atoms with Crippen LogP contribution in [-0.2, 0) is 10.0 Å². The quantitative estimate of drug-likeness (QED) is 0.803. The molecular formula is C12H19Cl2F2N3O2S. The average Bonchev–Trinajstić information content (AvgIpc) is 2.43. The highest BCUT2D eigenvalue weighted by Crippen LogP contribution is 2.13. The van der Waals surface area contributed by atoms with Gasteiger partial charge in [-0.2, -0.15) is 0 Å².